The van der Waals surface area contributed by atoms with E-state index in [2.05, 4.69) is 5.32 Å². The first-order chi connectivity index (χ1) is 15.9. The van der Waals surface area contributed by atoms with Crippen LogP contribution in [0.15, 0.2) is 81.9 Å². The van der Waals surface area contributed by atoms with Crippen LogP contribution in [0.4, 0.5) is 0 Å². The summed E-state index contributed by atoms with van der Waals surface area (Å²) in [5, 5.41) is 12.3. The molecule has 0 spiro atoms. The Morgan fingerprint density at radius 2 is 1.70 bits per heavy atom. The lowest BCUT2D eigenvalue weighted by Gasteiger charge is -2.27. The second-order valence-electron chi connectivity index (χ2n) is 7.84. The summed E-state index contributed by atoms with van der Waals surface area (Å²) in [6.07, 6.45) is 0. The number of hydrogen-bond acceptors (Lipinski definition) is 6. The quantitative estimate of drug-likeness (QED) is 0.579. The van der Waals surface area contributed by atoms with E-state index >= 15 is 0 Å². The number of fused-ring (bicyclic) bond motifs is 2. The average Bonchev–Trinajstić information content (AvgIpc) is 3.42. The Morgan fingerprint density at radius 3 is 2.36 bits per heavy atom. The summed E-state index contributed by atoms with van der Waals surface area (Å²) in [5.74, 6) is -1.58. The van der Waals surface area contributed by atoms with Gasteiger partial charge in [0, 0.05) is 28.0 Å². The third-order valence-electron chi connectivity index (χ3n) is 5.98. The molecule has 2 N–H and O–H groups in total. The van der Waals surface area contributed by atoms with E-state index < -0.39 is 17.9 Å². The lowest BCUT2D eigenvalue weighted by Crippen LogP contribution is -2.28. The Morgan fingerprint density at radius 1 is 1.00 bits per heavy atom. The molecule has 0 saturated carbocycles. The molecule has 0 unspecified atom stereocenters. The van der Waals surface area contributed by atoms with Crippen molar-refractivity contribution in [3.63, 3.8) is 0 Å². The molecule has 33 heavy (non-hydrogen) atoms. The van der Waals surface area contributed by atoms with Gasteiger partial charge in [-0.25, -0.2) is 9.59 Å². The van der Waals surface area contributed by atoms with E-state index in [1.165, 1.54) is 19.2 Å². The van der Waals surface area contributed by atoms with Gasteiger partial charge in [-0.3, -0.25) is 4.79 Å². The minimum Gasteiger partial charge on any atom is -0.478 e. The smallest absolute Gasteiger partial charge is 0.336 e. The Hall–Kier alpha value is -4.39. The number of ether oxygens (including phenoxy) is 1. The molecule has 7 nitrogen and oxygen atoms in total. The molecule has 2 aliphatic rings. The predicted octanol–water partition coefficient (Wildman–Crippen LogP) is 4.39. The lowest BCUT2D eigenvalue weighted by atomic mass is 9.83. The van der Waals surface area contributed by atoms with Gasteiger partial charge in [-0.2, -0.15) is 0 Å². The molecule has 1 atom stereocenters. The fourth-order valence-corrected chi connectivity index (χ4v) is 4.43. The summed E-state index contributed by atoms with van der Waals surface area (Å²) < 4.78 is 11.2. The van der Waals surface area contributed by atoms with Crippen LogP contribution >= 0.6 is 0 Å². The molecule has 164 valence electrons. The SMILES string of the molecule is COC(=O)C1=C(C)NC2=C(C(=O)c3ccccc32)[C@@H]1c1ccc(-c2ccc(C(=O)O)cc2)o1. The van der Waals surface area contributed by atoms with Gasteiger partial charge in [0.05, 0.1) is 29.9 Å². The zero-order valence-electron chi connectivity index (χ0n) is 17.8. The molecule has 5 rings (SSSR count). The second-order valence-corrected chi connectivity index (χ2v) is 7.84. The van der Waals surface area contributed by atoms with Crippen LogP contribution < -0.4 is 5.32 Å². The monoisotopic (exact) mass is 441 g/mol. The highest BCUT2D eigenvalue weighted by atomic mass is 16.5. The maximum Gasteiger partial charge on any atom is 0.336 e. The van der Waals surface area contributed by atoms with E-state index in [4.69, 9.17) is 14.3 Å². The number of nitrogens with one attached hydrogen (secondary N) is 1. The molecule has 2 aromatic carbocycles. The third kappa shape index (κ3) is 3.17. The van der Waals surface area contributed by atoms with Crippen molar-refractivity contribution in [2.24, 2.45) is 0 Å². The molecule has 1 aliphatic carbocycles. The topological polar surface area (TPSA) is 106 Å². The number of Topliss-reactive ketones (excluding diaryl/α,β-unsaturated/α-hetero) is 1. The van der Waals surface area contributed by atoms with Gasteiger partial charge in [0.15, 0.2) is 5.78 Å². The van der Waals surface area contributed by atoms with Gasteiger partial charge >= 0.3 is 11.9 Å². The van der Waals surface area contributed by atoms with Gasteiger partial charge in [0.1, 0.15) is 11.5 Å². The number of carbonyl (C=O) groups excluding carboxylic acids is 2. The van der Waals surface area contributed by atoms with Crippen LogP contribution in [-0.2, 0) is 9.53 Å². The number of aromatic carboxylic acids is 1. The number of hydrogen-bond donors (Lipinski definition) is 2. The number of methoxy groups -OCH3 is 1. The fraction of sp³-hybridized carbons (Fsp3) is 0.115. The van der Waals surface area contributed by atoms with E-state index in [1.807, 2.05) is 12.1 Å². The van der Waals surface area contributed by atoms with E-state index in [-0.39, 0.29) is 11.3 Å². The van der Waals surface area contributed by atoms with Crippen molar-refractivity contribution in [1.82, 2.24) is 5.32 Å². The van der Waals surface area contributed by atoms with Crippen LogP contribution in [0.5, 0.6) is 0 Å². The van der Waals surface area contributed by atoms with Crippen molar-refractivity contribution >= 4 is 23.4 Å². The summed E-state index contributed by atoms with van der Waals surface area (Å²) in [5.41, 5.74) is 4.17. The molecular formula is C26H19NO6. The van der Waals surface area contributed by atoms with E-state index in [0.717, 1.165) is 5.56 Å². The predicted molar refractivity (Wildman–Crippen MR) is 119 cm³/mol. The maximum absolute atomic E-state index is 13.4. The Labute approximate surface area is 189 Å². The number of rotatable bonds is 4. The molecule has 0 radical (unpaired) electrons. The molecule has 2 heterocycles. The molecule has 1 aliphatic heterocycles. The number of carbonyl (C=O) groups is 3. The molecule has 0 saturated heterocycles. The zero-order chi connectivity index (χ0) is 23.3. The number of esters is 1. The van der Waals surface area contributed by atoms with E-state index in [9.17, 15) is 14.4 Å². The normalized spacial score (nSPS) is 16.9. The molecule has 0 fully saturated rings. The number of benzene rings is 2. The number of allylic oxidation sites excluding steroid dienone is 2. The van der Waals surface area contributed by atoms with Crippen molar-refractivity contribution in [3.05, 3.63) is 100.0 Å². The number of furan rings is 1. The standard InChI is InChI=1S/C26H19NO6/c1-13-20(26(31)32-2)21(22-23(27-13)16-5-3-4-6-17(16)24(22)28)19-12-11-18(33-19)14-7-9-15(10-8-14)25(29)30/h3-12,21,27H,1-2H3,(H,29,30)/t21-/m1/s1. The van der Waals surface area contributed by atoms with Crippen LogP contribution in [0.2, 0.25) is 0 Å². The van der Waals surface area contributed by atoms with Crippen molar-refractivity contribution in [3.8, 4) is 11.3 Å². The largest absolute Gasteiger partial charge is 0.478 e. The van der Waals surface area contributed by atoms with Crippen molar-refractivity contribution in [2.75, 3.05) is 7.11 Å². The van der Waals surface area contributed by atoms with Crippen LogP contribution in [0, 0.1) is 0 Å². The summed E-state index contributed by atoms with van der Waals surface area (Å²) in [6, 6.07) is 17.1. The Balaban J connectivity index is 1.63. The lowest BCUT2D eigenvalue weighted by molar-refractivity contribution is -0.136. The van der Waals surface area contributed by atoms with Crippen LogP contribution in [0.25, 0.3) is 17.0 Å². The van der Waals surface area contributed by atoms with Crippen molar-refractivity contribution in [1.29, 1.82) is 0 Å². The Kier molecular flexibility index (Phi) is 4.74. The summed E-state index contributed by atoms with van der Waals surface area (Å²) in [7, 11) is 1.30. The van der Waals surface area contributed by atoms with Gasteiger partial charge in [0.2, 0.25) is 0 Å². The van der Waals surface area contributed by atoms with Gasteiger partial charge < -0.3 is 19.6 Å². The second kappa shape index (κ2) is 7.63. The highest BCUT2D eigenvalue weighted by Gasteiger charge is 2.44. The first kappa shape index (κ1) is 20.5. The number of dihydropyridines is 1. The van der Waals surface area contributed by atoms with Crippen LogP contribution in [-0.4, -0.2) is 29.9 Å². The number of ketones is 1. The molecule has 0 amide bonds. The summed E-state index contributed by atoms with van der Waals surface area (Å²) in [4.78, 5) is 37.3. The number of carboxylic acids is 1. The zero-order valence-corrected chi connectivity index (χ0v) is 17.8. The molecule has 0 bridgehead atoms. The highest BCUT2D eigenvalue weighted by molar-refractivity contribution is 6.23. The third-order valence-corrected chi connectivity index (χ3v) is 5.98. The van der Waals surface area contributed by atoms with Gasteiger partial charge in [-0.15, -0.1) is 0 Å². The van der Waals surface area contributed by atoms with Gasteiger partial charge in [-0.05, 0) is 31.2 Å². The number of carboxylic acid groups (broad SMARTS) is 1. The maximum atomic E-state index is 13.4. The first-order valence-corrected chi connectivity index (χ1v) is 10.3. The van der Waals surface area contributed by atoms with Crippen molar-refractivity contribution in [2.45, 2.75) is 12.8 Å². The van der Waals surface area contributed by atoms with Crippen molar-refractivity contribution < 1.29 is 28.6 Å². The molecule has 3 aromatic rings. The highest BCUT2D eigenvalue weighted by Crippen LogP contribution is 2.47. The fourth-order valence-electron chi connectivity index (χ4n) is 4.43. The molecule has 1 aromatic heterocycles. The average molecular weight is 441 g/mol. The Bertz CT molecular complexity index is 1390. The van der Waals surface area contributed by atoms with E-state index in [1.54, 1.807) is 43.3 Å². The van der Waals surface area contributed by atoms with Crippen LogP contribution in [0.3, 0.4) is 0 Å². The first-order valence-electron chi connectivity index (χ1n) is 10.3. The minimum absolute atomic E-state index is 0.166. The summed E-state index contributed by atoms with van der Waals surface area (Å²) >= 11 is 0. The van der Waals surface area contributed by atoms with Gasteiger partial charge in [0.25, 0.3) is 0 Å². The molecule has 7 heteroatoms. The van der Waals surface area contributed by atoms with Gasteiger partial charge in [-0.1, -0.05) is 36.4 Å². The summed E-state index contributed by atoms with van der Waals surface area (Å²) in [6.45, 7) is 1.77. The molecular weight excluding hydrogens is 422 g/mol. The minimum atomic E-state index is -1.02. The van der Waals surface area contributed by atoms with E-state index in [0.29, 0.717) is 45.2 Å². The van der Waals surface area contributed by atoms with Crippen LogP contribution in [0.1, 0.15) is 44.9 Å².